The van der Waals surface area contributed by atoms with Crippen LogP contribution in [0.1, 0.15) is 18.9 Å². The summed E-state index contributed by atoms with van der Waals surface area (Å²) in [5.74, 6) is -1.21. The predicted octanol–water partition coefficient (Wildman–Crippen LogP) is 3.34. The Labute approximate surface area is 157 Å². The number of rotatable bonds is 7. The quantitative estimate of drug-likeness (QED) is 0.777. The summed E-state index contributed by atoms with van der Waals surface area (Å²) in [7, 11) is -3.87. The van der Waals surface area contributed by atoms with Gasteiger partial charge >= 0.3 is 0 Å². The maximum atomic E-state index is 14.2. The number of nitrogens with one attached hydrogen (secondary N) is 1. The van der Waals surface area contributed by atoms with Crippen molar-refractivity contribution in [3.63, 3.8) is 0 Å². The number of sulfonamides is 1. The molecule has 0 spiro atoms. The summed E-state index contributed by atoms with van der Waals surface area (Å²) in [6, 6.07) is 11.3. The van der Waals surface area contributed by atoms with E-state index in [9.17, 15) is 17.6 Å². The Morgan fingerprint density at radius 3 is 2.35 bits per heavy atom. The summed E-state index contributed by atoms with van der Waals surface area (Å²) in [5, 5.41) is 3.28. The molecule has 26 heavy (non-hydrogen) atoms. The maximum absolute atomic E-state index is 14.2. The van der Waals surface area contributed by atoms with Crippen molar-refractivity contribution >= 4 is 33.2 Å². The van der Waals surface area contributed by atoms with Crippen molar-refractivity contribution in [2.45, 2.75) is 25.9 Å². The normalized spacial score (nSPS) is 12.5. The zero-order valence-corrected chi connectivity index (χ0v) is 16.0. The first kappa shape index (κ1) is 20.2. The summed E-state index contributed by atoms with van der Waals surface area (Å²) in [6.07, 6.45) is 1.14. The molecular weight excluding hydrogens is 379 g/mol. The average molecular weight is 399 g/mol. The fraction of sp³-hybridized carbons (Fsp3) is 0.278. The molecule has 2 aromatic rings. The zero-order valence-electron chi connectivity index (χ0n) is 14.4. The van der Waals surface area contributed by atoms with Crippen molar-refractivity contribution in [1.29, 1.82) is 0 Å². The first-order chi connectivity index (χ1) is 12.2. The number of hydrogen-bond donors (Lipinski definition) is 1. The van der Waals surface area contributed by atoms with Gasteiger partial charge in [-0.15, -0.1) is 0 Å². The molecule has 1 amide bonds. The second-order valence-electron chi connectivity index (χ2n) is 5.78. The Bertz CT molecular complexity index is 872. The summed E-state index contributed by atoms with van der Waals surface area (Å²) >= 11 is 5.83. The van der Waals surface area contributed by atoms with E-state index in [-0.39, 0.29) is 18.7 Å². The zero-order chi connectivity index (χ0) is 19.3. The van der Waals surface area contributed by atoms with Gasteiger partial charge in [-0.3, -0.25) is 9.10 Å². The second-order valence-corrected chi connectivity index (χ2v) is 8.07. The predicted molar refractivity (Wildman–Crippen MR) is 101 cm³/mol. The third kappa shape index (κ3) is 4.95. The Balaban J connectivity index is 2.25. The van der Waals surface area contributed by atoms with Crippen molar-refractivity contribution in [2.75, 3.05) is 10.6 Å². The van der Waals surface area contributed by atoms with Gasteiger partial charge in [-0.2, -0.15) is 0 Å². The van der Waals surface area contributed by atoms with Gasteiger partial charge in [-0.1, -0.05) is 42.8 Å². The molecule has 0 aromatic heterocycles. The van der Waals surface area contributed by atoms with Gasteiger partial charge in [-0.05, 0) is 36.2 Å². The van der Waals surface area contributed by atoms with E-state index < -0.39 is 27.8 Å². The maximum Gasteiger partial charge on any atom is 0.244 e. The molecule has 0 radical (unpaired) electrons. The fourth-order valence-electron chi connectivity index (χ4n) is 2.58. The molecule has 0 aliphatic carbocycles. The monoisotopic (exact) mass is 398 g/mol. The van der Waals surface area contributed by atoms with Crippen LogP contribution in [0.25, 0.3) is 0 Å². The van der Waals surface area contributed by atoms with Crippen LogP contribution >= 0.6 is 11.6 Å². The molecule has 0 heterocycles. The standard InChI is InChI=1S/C18H20ClFN2O3S/c1-3-16(18(23)21-12-13-8-10-14(19)11-9-13)22(26(2,24)25)17-7-5-4-6-15(17)20/h4-11,16H,3,12H2,1-2H3,(H,21,23)/t16-/m1/s1. The molecule has 0 fully saturated rings. The Hall–Kier alpha value is -2.12. The minimum absolute atomic E-state index is 0.150. The lowest BCUT2D eigenvalue weighted by atomic mass is 10.1. The first-order valence-electron chi connectivity index (χ1n) is 8.00. The van der Waals surface area contributed by atoms with Crippen molar-refractivity contribution in [2.24, 2.45) is 0 Å². The van der Waals surface area contributed by atoms with Crippen LogP contribution in [-0.2, 0) is 21.4 Å². The highest BCUT2D eigenvalue weighted by Gasteiger charge is 2.32. The van der Waals surface area contributed by atoms with E-state index in [0.29, 0.717) is 5.02 Å². The molecule has 1 N–H and O–H groups in total. The Morgan fingerprint density at radius 2 is 1.81 bits per heavy atom. The van der Waals surface area contributed by atoms with Gasteiger partial charge < -0.3 is 5.32 Å². The second kappa shape index (κ2) is 8.51. The van der Waals surface area contributed by atoms with Gasteiger partial charge in [0.2, 0.25) is 15.9 Å². The summed E-state index contributed by atoms with van der Waals surface area (Å²) < 4.78 is 39.5. The van der Waals surface area contributed by atoms with E-state index in [1.165, 1.54) is 18.2 Å². The highest BCUT2D eigenvalue weighted by Crippen LogP contribution is 2.25. The van der Waals surface area contributed by atoms with Gasteiger partial charge in [0.05, 0.1) is 11.9 Å². The smallest absolute Gasteiger partial charge is 0.244 e. The van der Waals surface area contributed by atoms with Crippen LogP contribution in [0.4, 0.5) is 10.1 Å². The Morgan fingerprint density at radius 1 is 1.19 bits per heavy atom. The molecule has 140 valence electrons. The van der Waals surface area contributed by atoms with Gasteiger partial charge in [0, 0.05) is 11.6 Å². The van der Waals surface area contributed by atoms with Crippen LogP contribution in [0.15, 0.2) is 48.5 Å². The lowest BCUT2D eigenvalue weighted by molar-refractivity contribution is -0.122. The average Bonchev–Trinajstić information content (AvgIpc) is 2.58. The van der Waals surface area contributed by atoms with Gasteiger partial charge in [0.25, 0.3) is 0 Å². The molecule has 0 saturated carbocycles. The number of halogens is 2. The number of carbonyl (C=O) groups is 1. The molecule has 0 aliphatic heterocycles. The van der Waals surface area contributed by atoms with Crippen LogP contribution in [0.2, 0.25) is 5.02 Å². The molecule has 0 saturated heterocycles. The van der Waals surface area contributed by atoms with Crippen molar-refractivity contribution in [3.05, 3.63) is 64.9 Å². The number of nitrogens with zero attached hydrogens (tertiary/aromatic N) is 1. The topological polar surface area (TPSA) is 66.5 Å². The van der Waals surface area contributed by atoms with E-state index >= 15 is 0 Å². The van der Waals surface area contributed by atoms with Gasteiger partial charge in [0.1, 0.15) is 11.9 Å². The molecule has 0 aliphatic rings. The molecule has 0 bridgehead atoms. The summed E-state index contributed by atoms with van der Waals surface area (Å²) in [5.41, 5.74) is 0.665. The van der Waals surface area contributed by atoms with E-state index in [0.717, 1.165) is 22.2 Å². The third-order valence-corrected chi connectivity index (χ3v) is 5.22. The van der Waals surface area contributed by atoms with Crippen molar-refractivity contribution < 1.29 is 17.6 Å². The number of para-hydroxylation sites is 1. The van der Waals surface area contributed by atoms with E-state index in [4.69, 9.17) is 11.6 Å². The van der Waals surface area contributed by atoms with Crippen LogP contribution in [-0.4, -0.2) is 26.6 Å². The number of anilines is 1. The number of carbonyl (C=O) groups excluding carboxylic acids is 1. The van der Waals surface area contributed by atoms with Crippen molar-refractivity contribution in [1.82, 2.24) is 5.32 Å². The molecule has 2 aromatic carbocycles. The first-order valence-corrected chi connectivity index (χ1v) is 10.2. The minimum atomic E-state index is -3.87. The highest BCUT2D eigenvalue weighted by molar-refractivity contribution is 7.92. The fourth-order valence-corrected chi connectivity index (χ4v) is 3.91. The van der Waals surface area contributed by atoms with E-state index in [1.54, 1.807) is 31.2 Å². The van der Waals surface area contributed by atoms with Gasteiger partial charge in [-0.25, -0.2) is 12.8 Å². The SMILES string of the molecule is CC[C@H](C(=O)NCc1ccc(Cl)cc1)N(c1ccccc1F)S(C)(=O)=O. The van der Waals surface area contributed by atoms with Crippen LogP contribution in [0, 0.1) is 5.82 Å². The van der Waals surface area contributed by atoms with E-state index in [2.05, 4.69) is 5.32 Å². The molecule has 0 unspecified atom stereocenters. The lowest BCUT2D eigenvalue weighted by Gasteiger charge is -2.30. The Kier molecular flexibility index (Phi) is 6.61. The highest BCUT2D eigenvalue weighted by atomic mass is 35.5. The number of hydrogen-bond acceptors (Lipinski definition) is 3. The lowest BCUT2D eigenvalue weighted by Crippen LogP contribution is -2.49. The third-order valence-electron chi connectivity index (χ3n) is 3.80. The van der Waals surface area contributed by atoms with Crippen molar-refractivity contribution in [3.8, 4) is 0 Å². The largest absolute Gasteiger partial charge is 0.350 e. The molecule has 2 rings (SSSR count). The number of amides is 1. The van der Waals surface area contributed by atoms with Gasteiger partial charge in [0.15, 0.2) is 0 Å². The van der Waals surface area contributed by atoms with Crippen LogP contribution in [0.3, 0.4) is 0 Å². The molecular formula is C18H20ClFN2O3S. The van der Waals surface area contributed by atoms with Crippen LogP contribution < -0.4 is 9.62 Å². The summed E-state index contributed by atoms with van der Waals surface area (Å²) in [6.45, 7) is 1.88. The number of benzene rings is 2. The molecule has 8 heteroatoms. The molecule has 5 nitrogen and oxygen atoms in total. The minimum Gasteiger partial charge on any atom is -0.350 e. The molecule has 1 atom stereocenters. The van der Waals surface area contributed by atoms with E-state index in [1.807, 2.05) is 0 Å². The van der Waals surface area contributed by atoms with Crippen LogP contribution in [0.5, 0.6) is 0 Å². The summed E-state index contributed by atoms with van der Waals surface area (Å²) in [4.78, 5) is 12.6.